The first-order valence-electron chi connectivity index (χ1n) is 11.1. The fourth-order valence-electron chi connectivity index (χ4n) is 3.69. The largest absolute Gasteiger partial charge is 0.473 e. The van der Waals surface area contributed by atoms with E-state index in [1.165, 1.54) is 4.90 Å². The van der Waals surface area contributed by atoms with Crippen molar-refractivity contribution in [2.75, 3.05) is 19.7 Å². The van der Waals surface area contributed by atoms with E-state index < -0.39 is 14.2 Å². The fraction of sp³-hybridized carbons (Fsp3) is 0.571. The Morgan fingerprint density at radius 2 is 2.00 bits per heavy atom. The van der Waals surface area contributed by atoms with E-state index in [0.29, 0.717) is 62.1 Å². The van der Waals surface area contributed by atoms with Gasteiger partial charge in [0, 0.05) is 53.9 Å². The van der Waals surface area contributed by atoms with Gasteiger partial charge in [0.05, 0.1) is 11.8 Å². The summed E-state index contributed by atoms with van der Waals surface area (Å²) in [5.74, 6) is 0.968. The van der Waals surface area contributed by atoms with Gasteiger partial charge in [-0.2, -0.15) is 5.10 Å². The lowest BCUT2D eigenvalue weighted by molar-refractivity contribution is 0.0865. The molecule has 0 unspecified atom stereocenters. The molecule has 0 spiro atoms. The first kappa shape index (κ1) is 23.2. The molecular formula is C21H31N7O4Si. The summed E-state index contributed by atoms with van der Waals surface area (Å²) < 4.78 is 15.6. The molecule has 1 fully saturated rings. The number of ether oxygens (including phenoxy) is 2. The summed E-state index contributed by atoms with van der Waals surface area (Å²) in [6.07, 6.45) is 5.42. The van der Waals surface area contributed by atoms with E-state index in [9.17, 15) is 4.79 Å². The molecular weight excluding hydrogens is 442 g/mol. The quantitative estimate of drug-likeness (QED) is 0.391. The summed E-state index contributed by atoms with van der Waals surface area (Å²) >= 11 is 0. The molecule has 0 aromatic carbocycles. The normalized spacial score (nSPS) is 15.3. The number of rotatable bonds is 8. The van der Waals surface area contributed by atoms with Crippen molar-refractivity contribution in [3.05, 3.63) is 18.7 Å². The smallest absolute Gasteiger partial charge is 0.407 e. The van der Waals surface area contributed by atoms with Crippen molar-refractivity contribution in [1.29, 1.82) is 0 Å². The van der Waals surface area contributed by atoms with Crippen LogP contribution >= 0.6 is 0 Å². The highest BCUT2D eigenvalue weighted by atomic mass is 28.3. The lowest BCUT2D eigenvalue weighted by atomic mass is 10.1. The standard InChI is InChI=1S/C21H31N7O4Si/c1-26-13-23-19(25-26)16-12-28(14-31-9-10-33(2,3)4)20-18(16)24-17(11-22-20)32-15-5-7-27(8-6-15)21(29)30/h11-13,15H,5-10,14H2,1-4H3,(H,29,30). The maximum Gasteiger partial charge on any atom is 0.407 e. The number of piperidine rings is 1. The number of likely N-dealkylation sites (tertiary alicyclic amines) is 1. The second-order valence-electron chi connectivity index (χ2n) is 9.57. The Morgan fingerprint density at radius 3 is 2.64 bits per heavy atom. The predicted octanol–water partition coefficient (Wildman–Crippen LogP) is 3.06. The molecule has 12 heteroatoms. The molecule has 178 valence electrons. The number of hydrogen-bond acceptors (Lipinski definition) is 7. The Balaban J connectivity index is 1.54. The topological polar surface area (TPSA) is 120 Å². The number of carboxylic acid groups (broad SMARTS) is 1. The van der Waals surface area contributed by atoms with E-state index in [2.05, 4.69) is 34.7 Å². The monoisotopic (exact) mass is 473 g/mol. The minimum atomic E-state index is -1.17. The number of hydrogen-bond donors (Lipinski definition) is 1. The summed E-state index contributed by atoms with van der Waals surface area (Å²) in [6.45, 7) is 8.95. The maximum atomic E-state index is 11.1. The molecule has 1 aliphatic heterocycles. The zero-order valence-electron chi connectivity index (χ0n) is 19.6. The summed E-state index contributed by atoms with van der Waals surface area (Å²) in [5, 5.41) is 13.6. The van der Waals surface area contributed by atoms with E-state index in [0.717, 1.165) is 11.6 Å². The van der Waals surface area contributed by atoms with E-state index >= 15 is 0 Å². The van der Waals surface area contributed by atoms with Crippen LogP contribution in [0.5, 0.6) is 5.88 Å². The SMILES string of the molecule is Cn1cnc(-c2cn(COCC[Si](C)(C)C)c3ncc(OC4CCN(C(=O)O)CC4)nc23)n1. The van der Waals surface area contributed by atoms with Gasteiger partial charge in [0.2, 0.25) is 5.88 Å². The van der Waals surface area contributed by atoms with Crippen LogP contribution in [0.1, 0.15) is 12.8 Å². The predicted molar refractivity (Wildman–Crippen MR) is 125 cm³/mol. The van der Waals surface area contributed by atoms with Crippen LogP contribution < -0.4 is 4.74 Å². The van der Waals surface area contributed by atoms with Crippen LogP contribution in [-0.2, 0) is 18.5 Å². The molecule has 0 aliphatic carbocycles. The van der Waals surface area contributed by atoms with Crippen LogP contribution in [-0.4, -0.2) is 79.3 Å². The first-order valence-corrected chi connectivity index (χ1v) is 14.8. The highest BCUT2D eigenvalue weighted by Crippen LogP contribution is 2.28. The van der Waals surface area contributed by atoms with Crippen molar-refractivity contribution in [3.63, 3.8) is 0 Å². The van der Waals surface area contributed by atoms with Gasteiger partial charge < -0.3 is 24.0 Å². The minimum absolute atomic E-state index is 0.101. The molecule has 3 aromatic heterocycles. The van der Waals surface area contributed by atoms with Gasteiger partial charge >= 0.3 is 6.09 Å². The van der Waals surface area contributed by atoms with E-state index in [1.807, 2.05) is 17.8 Å². The van der Waals surface area contributed by atoms with Crippen molar-refractivity contribution >= 4 is 25.3 Å². The van der Waals surface area contributed by atoms with Gasteiger partial charge in [-0.1, -0.05) is 19.6 Å². The van der Waals surface area contributed by atoms with Gasteiger partial charge in [-0.3, -0.25) is 4.68 Å². The second kappa shape index (κ2) is 9.47. The third-order valence-electron chi connectivity index (χ3n) is 5.61. The van der Waals surface area contributed by atoms with Crippen LogP contribution in [0.15, 0.2) is 18.7 Å². The third-order valence-corrected chi connectivity index (χ3v) is 7.31. The summed E-state index contributed by atoms with van der Waals surface area (Å²) in [6, 6.07) is 1.09. The van der Waals surface area contributed by atoms with Gasteiger partial charge in [0.15, 0.2) is 11.5 Å². The number of aryl methyl sites for hydroxylation is 1. The van der Waals surface area contributed by atoms with Gasteiger partial charge in [-0.05, 0) is 6.04 Å². The molecule has 0 atom stereocenters. The molecule has 1 amide bonds. The number of aromatic nitrogens is 6. The van der Waals surface area contributed by atoms with Crippen molar-refractivity contribution in [2.45, 2.75) is 51.4 Å². The Morgan fingerprint density at radius 1 is 1.24 bits per heavy atom. The van der Waals surface area contributed by atoms with E-state index in [-0.39, 0.29) is 6.10 Å². The Kier molecular flexibility index (Phi) is 6.65. The van der Waals surface area contributed by atoms with Crippen molar-refractivity contribution in [1.82, 2.24) is 34.2 Å². The summed E-state index contributed by atoms with van der Waals surface area (Å²) in [7, 11) is 0.648. The van der Waals surface area contributed by atoms with E-state index in [1.54, 1.807) is 17.2 Å². The van der Waals surface area contributed by atoms with Crippen LogP contribution in [0.25, 0.3) is 22.6 Å². The number of fused-ring (bicyclic) bond motifs is 1. The molecule has 1 aliphatic rings. The Hall–Kier alpha value is -2.99. The van der Waals surface area contributed by atoms with Crippen LogP contribution in [0.3, 0.4) is 0 Å². The molecule has 0 saturated carbocycles. The Bertz CT molecular complexity index is 1120. The molecule has 3 aromatic rings. The van der Waals surface area contributed by atoms with Gasteiger partial charge in [-0.25, -0.2) is 19.7 Å². The number of nitrogens with zero attached hydrogens (tertiary/aromatic N) is 7. The number of amides is 1. The lowest BCUT2D eigenvalue weighted by Gasteiger charge is -2.29. The average molecular weight is 474 g/mol. The van der Waals surface area contributed by atoms with Gasteiger partial charge in [0.25, 0.3) is 0 Å². The van der Waals surface area contributed by atoms with E-state index in [4.69, 9.17) is 19.6 Å². The lowest BCUT2D eigenvalue weighted by Crippen LogP contribution is -2.41. The van der Waals surface area contributed by atoms with Crippen molar-refractivity contribution in [3.8, 4) is 17.3 Å². The highest BCUT2D eigenvalue weighted by molar-refractivity contribution is 6.76. The molecule has 0 radical (unpaired) electrons. The molecule has 0 bridgehead atoms. The van der Waals surface area contributed by atoms with Crippen LogP contribution in [0.2, 0.25) is 25.7 Å². The highest BCUT2D eigenvalue weighted by Gasteiger charge is 2.25. The molecule has 4 heterocycles. The average Bonchev–Trinajstić information content (AvgIpc) is 3.34. The molecule has 4 rings (SSSR count). The molecule has 1 saturated heterocycles. The molecule has 11 nitrogen and oxygen atoms in total. The first-order chi connectivity index (χ1) is 15.7. The summed E-state index contributed by atoms with van der Waals surface area (Å²) in [5.41, 5.74) is 2.09. The van der Waals surface area contributed by atoms with Crippen LogP contribution in [0, 0.1) is 0 Å². The van der Waals surface area contributed by atoms with Gasteiger partial charge in [0.1, 0.15) is 24.7 Å². The zero-order chi connectivity index (χ0) is 23.6. The molecule has 33 heavy (non-hydrogen) atoms. The maximum absolute atomic E-state index is 11.1. The third kappa shape index (κ3) is 5.68. The second-order valence-corrected chi connectivity index (χ2v) is 15.2. The number of carbonyl (C=O) groups is 1. The summed E-state index contributed by atoms with van der Waals surface area (Å²) in [4.78, 5) is 26.2. The fourth-order valence-corrected chi connectivity index (χ4v) is 4.45. The minimum Gasteiger partial charge on any atom is -0.473 e. The van der Waals surface area contributed by atoms with Crippen molar-refractivity contribution in [2.24, 2.45) is 7.05 Å². The van der Waals surface area contributed by atoms with Crippen molar-refractivity contribution < 1.29 is 19.4 Å². The molecule has 1 N–H and O–H groups in total. The van der Waals surface area contributed by atoms with Crippen LogP contribution in [0.4, 0.5) is 4.79 Å². The Labute approximate surface area is 193 Å². The zero-order valence-corrected chi connectivity index (χ0v) is 20.6. The van der Waals surface area contributed by atoms with Gasteiger partial charge in [-0.15, -0.1) is 0 Å².